The molecule has 2 N–H and O–H groups in total. The molecule has 0 fully saturated rings. The number of nitrogens with zero attached hydrogens (tertiary/aromatic N) is 2. The Morgan fingerprint density at radius 1 is 1.32 bits per heavy atom. The molecular weight excluding hydrogens is 289 g/mol. The average Bonchev–Trinajstić information content (AvgIpc) is 2.81. The minimum absolute atomic E-state index is 0.220. The van der Waals surface area contributed by atoms with Crippen LogP contribution in [0.2, 0.25) is 10.0 Å². The maximum Gasteiger partial charge on any atom is 0.375 e. The van der Waals surface area contributed by atoms with Crippen LogP contribution in [0.5, 0.6) is 0 Å². The highest BCUT2D eigenvalue weighted by Gasteiger charge is 2.17. The molecule has 0 saturated heterocycles. The first kappa shape index (κ1) is 13.9. The Morgan fingerprint density at radius 3 is 2.47 bits per heavy atom. The minimum atomic E-state index is -0.678. The van der Waals surface area contributed by atoms with Gasteiger partial charge in [0.05, 0.1) is 11.4 Å². The van der Waals surface area contributed by atoms with Crippen molar-refractivity contribution in [2.24, 2.45) is 5.90 Å². The highest BCUT2D eigenvalue weighted by Crippen LogP contribution is 2.23. The molecule has 1 heterocycles. The molecule has 2 rings (SSSR count). The zero-order valence-corrected chi connectivity index (χ0v) is 11.6. The maximum absolute atomic E-state index is 11.6. The number of carbonyl (C=O) groups excluding carboxylic acids is 1. The number of hydrogen-bond acceptors (Lipinski definition) is 4. The normalized spacial score (nSPS) is 10.5. The quantitative estimate of drug-likeness (QED) is 0.885. The van der Waals surface area contributed by atoms with Crippen molar-refractivity contribution in [3.63, 3.8) is 0 Å². The third-order valence-corrected chi connectivity index (χ3v) is 2.97. The van der Waals surface area contributed by atoms with Crippen LogP contribution in [0.4, 0.5) is 0 Å². The monoisotopic (exact) mass is 299 g/mol. The molecule has 0 bridgehead atoms. The van der Waals surface area contributed by atoms with Gasteiger partial charge in [-0.1, -0.05) is 30.1 Å². The highest BCUT2D eigenvalue weighted by atomic mass is 35.5. The number of benzene rings is 1. The standard InChI is InChI=1S/C12H11Cl2N3O2/c1-2-9-6-11(12(18)19-15)17(16-9)10-4-7(13)3-8(14)5-10/h3-6H,2,15H2,1H3. The lowest BCUT2D eigenvalue weighted by atomic mass is 10.3. The first-order valence-electron chi connectivity index (χ1n) is 5.51. The molecule has 0 spiro atoms. The van der Waals surface area contributed by atoms with E-state index >= 15 is 0 Å². The molecule has 5 nitrogen and oxygen atoms in total. The van der Waals surface area contributed by atoms with Gasteiger partial charge in [0.2, 0.25) is 0 Å². The predicted octanol–water partition coefficient (Wildman–Crippen LogP) is 2.77. The molecule has 1 aromatic carbocycles. The topological polar surface area (TPSA) is 70.1 Å². The van der Waals surface area contributed by atoms with Crippen LogP contribution in [0.1, 0.15) is 23.1 Å². The zero-order valence-electron chi connectivity index (χ0n) is 10.1. The van der Waals surface area contributed by atoms with Crippen molar-refractivity contribution in [1.82, 2.24) is 9.78 Å². The number of hydrogen-bond donors (Lipinski definition) is 1. The predicted molar refractivity (Wildman–Crippen MR) is 72.6 cm³/mol. The molecule has 0 unspecified atom stereocenters. The third-order valence-electron chi connectivity index (χ3n) is 2.53. The smallest absolute Gasteiger partial charge is 0.368 e. The molecular formula is C12H11Cl2N3O2. The Balaban J connectivity index is 2.59. The summed E-state index contributed by atoms with van der Waals surface area (Å²) in [6.07, 6.45) is 0.673. The Hall–Kier alpha value is -1.56. The van der Waals surface area contributed by atoms with Crippen LogP contribution in [0, 0.1) is 0 Å². The van der Waals surface area contributed by atoms with E-state index in [1.165, 1.54) is 4.68 Å². The van der Waals surface area contributed by atoms with Crippen LogP contribution in [0.3, 0.4) is 0 Å². The lowest BCUT2D eigenvalue weighted by Gasteiger charge is -2.06. The van der Waals surface area contributed by atoms with Gasteiger partial charge in [0.25, 0.3) is 0 Å². The molecule has 7 heteroatoms. The van der Waals surface area contributed by atoms with E-state index in [4.69, 9.17) is 29.1 Å². The summed E-state index contributed by atoms with van der Waals surface area (Å²) in [5.74, 6) is 4.24. The van der Waals surface area contributed by atoms with Crippen LogP contribution in [0.15, 0.2) is 24.3 Å². The summed E-state index contributed by atoms with van der Waals surface area (Å²) in [5.41, 5.74) is 1.52. The summed E-state index contributed by atoms with van der Waals surface area (Å²) in [4.78, 5) is 15.9. The lowest BCUT2D eigenvalue weighted by Crippen LogP contribution is -2.15. The van der Waals surface area contributed by atoms with Gasteiger partial charge in [-0.05, 0) is 30.7 Å². The molecule has 0 aliphatic rings. The van der Waals surface area contributed by atoms with Crippen molar-refractivity contribution in [3.05, 3.63) is 45.7 Å². The van der Waals surface area contributed by atoms with Crippen molar-refractivity contribution in [3.8, 4) is 5.69 Å². The van der Waals surface area contributed by atoms with Gasteiger partial charge in [0.15, 0.2) is 5.69 Å². The van der Waals surface area contributed by atoms with Crippen LogP contribution in [0.25, 0.3) is 5.69 Å². The molecule has 100 valence electrons. The second kappa shape index (κ2) is 5.61. The van der Waals surface area contributed by atoms with Crippen LogP contribution in [-0.2, 0) is 11.3 Å². The molecule has 2 aromatic rings. The van der Waals surface area contributed by atoms with Crippen molar-refractivity contribution in [1.29, 1.82) is 0 Å². The fraction of sp³-hybridized carbons (Fsp3) is 0.167. The molecule has 0 aliphatic heterocycles. The van der Waals surface area contributed by atoms with Crippen molar-refractivity contribution in [2.45, 2.75) is 13.3 Å². The number of halogens is 2. The first-order valence-corrected chi connectivity index (χ1v) is 6.27. The van der Waals surface area contributed by atoms with E-state index in [9.17, 15) is 4.79 Å². The van der Waals surface area contributed by atoms with E-state index in [-0.39, 0.29) is 5.69 Å². The lowest BCUT2D eigenvalue weighted by molar-refractivity contribution is 0.0492. The molecule has 0 amide bonds. The number of rotatable bonds is 3. The van der Waals surface area contributed by atoms with Gasteiger partial charge in [-0.2, -0.15) is 11.0 Å². The van der Waals surface area contributed by atoms with Gasteiger partial charge < -0.3 is 4.84 Å². The largest absolute Gasteiger partial charge is 0.375 e. The van der Waals surface area contributed by atoms with E-state index in [1.54, 1.807) is 24.3 Å². The van der Waals surface area contributed by atoms with Crippen LogP contribution >= 0.6 is 23.2 Å². The summed E-state index contributed by atoms with van der Waals surface area (Å²) >= 11 is 11.9. The highest BCUT2D eigenvalue weighted by molar-refractivity contribution is 6.34. The van der Waals surface area contributed by atoms with E-state index in [1.807, 2.05) is 6.92 Å². The number of aromatic nitrogens is 2. The number of carbonyl (C=O) groups is 1. The number of nitrogens with two attached hydrogens (primary N) is 1. The Bertz CT molecular complexity index is 605. The minimum Gasteiger partial charge on any atom is -0.368 e. The van der Waals surface area contributed by atoms with E-state index in [0.717, 1.165) is 5.69 Å². The van der Waals surface area contributed by atoms with E-state index in [0.29, 0.717) is 22.2 Å². The molecule has 1 aromatic heterocycles. The van der Waals surface area contributed by atoms with E-state index < -0.39 is 5.97 Å². The molecule has 0 saturated carbocycles. The molecule has 0 radical (unpaired) electrons. The van der Waals surface area contributed by atoms with Gasteiger partial charge in [-0.15, -0.1) is 0 Å². The summed E-state index contributed by atoms with van der Waals surface area (Å²) < 4.78 is 1.41. The van der Waals surface area contributed by atoms with Crippen molar-refractivity contribution >= 4 is 29.2 Å². The van der Waals surface area contributed by atoms with Crippen molar-refractivity contribution in [2.75, 3.05) is 0 Å². The second-order valence-electron chi connectivity index (χ2n) is 3.82. The Labute approximate surface area is 119 Å². The van der Waals surface area contributed by atoms with Gasteiger partial charge in [0.1, 0.15) is 0 Å². The first-order chi connectivity index (χ1) is 9.05. The average molecular weight is 300 g/mol. The van der Waals surface area contributed by atoms with Crippen LogP contribution < -0.4 is 5.90 Å². The Morgan fingerprint density at radius 2 is 1.95 bits per heavy atom. The molecule has 19 heavy (non-hydrogen) atoms. The van der Waals surface area contributed by atoms with Gasteiger partial charge in [0, 0.05) is 10.0 Å². The molecule has 0 aliphatic carbocycles. The zero-order chi connectivity index (χ0) is 14.0. The second-order valence-corrected chi connectivity index (χ2v) is 4.69. The van der Waals surface area contributed by atoms with E-state index in [2.05, 4.69) is 9.94 Å². The molecule has 0 atom stereocenters. The fourth-order valence-corrected chi connectivity index (χ4v) is 2.18. The third kappa shape index (κ3) is 2.89. The summed E-state index contributed by atoms with van der Waals surface area (Å²) in [6, 6.07) is 6.50. The summed E-state index contributed by atoms with van der Waals surface area (Å²) in [6.45, 7) is 1.93. The SMILES string of the molecule is CCc1cc(C(=O)ON)n(-c2cc(Cl)cc(Cl)c2)n1. The maximum atomic E-state index is 11.6. The summed E-state index contributed by atoms with van der Waals surface area (Å²) in [7, 11) is 0. The fourth-order valence-electron chi connectivity index (χ4n) is 1.67. The Kier molecular flexibility index (Phi) is 4.09. The van der Waals surface area contributed by atoms with Gasteiger partial charge >= 0.3 is 5.97 Å². The summed E-state index contributed by atoms with van der Waals surface area (Å²) in [5, 5.41) is 5.19. The van der Waals surface area contributed by atoms with Gasteiger partial charge in [-0.3, -0.25) is 0 Å². The van der Waals surface area contributed by atoms with Crippen molar-refractivity contribution < 1.29 is 9.63 Å². The van der Waals surface area contributed by atoms with Gasteiger partial charge in [-0.25, -0.2) is 9.48 Å². The number of aryl methyl sites for hydroxylation is 1. The van der Waals surface area contributed by atoms with Crippen LogP contribution in [-0.4, -0.2) is 15.7 Å².